The van der Waals surface area contributed by atoms with Gasteiger partial charge in [-0.25, -0.2) is 19.7 Å². The Bertz CT molecular complexity index is 1210. The molecule has 8 nitrogen and oxygen atoms in total. The molecular weight excluding hydrogens is 440 g/mol. The van der Waals surface area contributed by atoms with Crippen LogP contribution >= 0.6 is 0 Å². The predicted octanol–water partition coefficient (Wildman–Crippen LogP) is 5.58. The summed E-state index contributed by atoms with van der Waals surface area (Å²) < 4.78 is 2.21. The third-order valence-corrected chi connectivity index (χ3v) is 8.05. The number of aromatic nitrogens is 5. The number of nitrogens with one attached hydrogen (secondary N) is 1. The van der Waals surface area contributed by atoms with Gasteiger partial charge in [0.1, 0.15) is 11.2 Å². The van der Waals surface area contributed by atoms with E-state index < -0.39 is 5.97 Å². The van der Waals surface area contributed by atoms with E-state index in [1.165, 1.54) is 50.5 Å². The summed E-state index contributed by atoms with van der Waals surface area (Å²) in [6, 6.07) is 4.30. The average Bonchev–Trinajstić information content (AvgIpc) is 3.18. The smallest absolute Gasteiger partial charge is 0.374 e. The van der Waals surface area contributed by atoms with Crippen LogP contribution in [0, 0.1) is 17.8 Å². The predicted molar refractivity (Wildman–Crippen MR) is 136 cm³/mol. The minimum Gasteiger partial charge on any atom is -0.475 e. The summed E-state index contributed by atoms with van der Waals surface area (Å²) in [4.78, 5) is 30.3. The second-order valence-corrected chi connectivity index (χ2v) is 10.6. The van der Waals surface area contributed by atoms with Crippen molar-refractivity contribution in [3.8, 4) is 11.5 Å². The van der Waals surface area contributed by atoms with Crippen molar-refractivity contribution in [2.45, 2.75) is 84.7 Å². The Morgan fingerprint density at radius 1 is 1.17 bits per heavy atom. The second kappa shape index (κ2) is 9.91. The molecule has 5 rings (SSSR count). The Morgan fingerprint density at radius 2 is 1.94 bits per heavy atom. The highest BCUT2D eigenvalue weighted by atomic mass is 16.4. The largest absolute Gasteiger partial charge is 0.475 e. The van der Waals surface area contributed by atoms with E-state index in [1.54, 1.807) is 0 Å². The molecule has 3 heterocycles. The highest BCUT2D eigenvalue weighted by Crippen LogP contribution is 2.36. The molecule has 8 heteroatoms. The number of nitrogens with zero attached hydrogens (tertiary/aromatic N) is 5. The van der Waals surface area contributed by atoms with Gasteiger partial charge in [-0.2, -0.15) is 0 Å². The van der Waals surface area contributed by atoms with Gasteiger partial charge in [-0.3, -0.25) is 4.98 Å². The molecular formula is C27H36N6O2. The van der Waals surface area contributed by atoms with Crippen LogP contribution in [0.15, 0.2) is 18.3 Å². The molecule has 2 saturated carbocycles. The van der Waals surface area contributed by atoms with Crippen LogP contribution in [0.4, 0.5) is 5.82 Å². The summed E-state index contributed by atoms with van der Waals surface area (Å²) in [5, 5.41) is 13.3. The zero-order chi connectivity index (χ0) is 24.5. The first-order chi connectivity index (χ1) is 16.9. The van der Waals surface area contributed by atoms with E-state index in [0.717, 1.165) is 35.9 Å². The fraction of sp³-hybridized carbons (Fsp3) is 0.593. The van der Waals surface area contributed by atoms with Crippen molar-refractivity contribution >= 4 is 23.0 Å². The number of fused-ring (bicyclic) bond motifs is 1. The molecule has 2 aliphatic carbocycles. The maximum Gasteiger partial charge on any atom is 0.374 e. The first kappa shape index (κ1) is 23.7. The highest BCUT2D eigenvalue weighted by molar-refractivity contribution is 5.92. The number of hydrogen-bond acceptors (Lipinski definition) is 6. The van der Waals surface area contributed by atoms with Crippen molar-refractivity contribution in [1.29, 1.82) is 0 Å². The number of imidazole rings is 1. The number of aryl methyl sites for hydroxylation is 1. The van der Waals surface area contributed by atoms with Crippen LogP contribution in [0.2, 0.25) is 0 Å². The number of anilines is 1. The van der Waals surface area contributed by atoms with Gasteiger partial charge in [0.15, 0.2) is 17.3 Å². The fourth-order valence-electron chi connectivity index (χ4n) is 5.47. The number of carboxylic acid groups (broad SMARTS) is 1. The van der Waals surface area contributed by atoms with E-state index in [2.05, 4.69) is 51.7 Å². The van der Waals surface area contributed by atoms with E-state index in [0.29, 0.717) is 23.3 Å². The first-order valence-corrected chi connectivity index (χ1v) is 13.2. The number of carbonyl (C=O) groups is 1. The van der Waals surface area contributed by atoms with Crippen LogP contribution in [-0.4, -0.2) is 41.6 Å². The van der Waals surface area contributed by atoms with Crippen molar-refractivity contribution in [2.24, 2.45) is 17.8 Å². The molecule has 0 saturated heterocycles. The van der Waals surface area contributed by atoms with Gasteiger partial charge in [0.25, 0.3) is 0 Å². The van der Waals surface area contributed by atoms with Crippen LogP contribution in [-0.2, 0) is 13.0 Å². The van der Waals surface area contributed by atoms with Crippen LogP contribution in [0.25, 0.3) is 22.7 Å². The van der Waals surface area contributed by atoms with E-state index in [-0.39, 0.29) is 11.9 Å². The fourth-order valence-corrected chi connectivity index (χ4v) is 5.47. The standard InChI is InChI=1S/C27H36N6O2/c1-4-18-12-13-28-21(14-18)26-32-24-22(33(26)15-19-10-8-16(2)9-11-19)23(30-25(31-24)27(34)35)29-17(3)20-6-5-7-20/h12-14,16-17,19-20H,4-11,15H2,1-3H3,(H,34,35)(H,29,30,31)/t16-,17-,19-/m1/s1. The normalized spacial score (nSPS) is 21.6. The van der Waals surface area contributed by atoms with E-state index in [1.807, 2.05) is 12.3 Å². The molecule has 35 heavy (non-hydrogen) atoms. The Hall–Kier alpha value is -3.03. The topological polar surface area (TPSA) is 106 Å². The Kier molecular flexibility index (Phi) is 6.71. The Labute approximate surface area is 206 Å². The van der Waals surface area contributed by atoms with Crippen LogP contribution in [0.5, 0.6) is 0 Å². The van der Waals surface area contributed by atoms with Crippen molar-refractivity contribution in [2.75, 3.05) is 5.32 Å². The summed E-state index contributed by atoms with van der Waals surface area (Å²) in [5.74, 6) is 1.83. The van der Waals surface area contributed by atoms with Gasteiger partial charge in [0.2, 0.25) is 5.82 Å². The van der Waals surface area contributed by atoms with Gasteiger partial charge in [0, 0.05) is 18.8 Å². The summed E-state index contributed by atoms with van der Waals surface area (Å²) in [6.07, 6.45) is 11.2. The first-order valence-electron chi connectivity index (χ1n) is 13.2. The highest BCUT2D eigenvalue weighted by Gasteiger charge is 2.29. The van der Waals surface area contributed by atoms with Crippen molar-refractivity contribution in [3.05, 3.63) is 29.7 Å². The molecule has 0 unspecified atom stereocenters. The van der Waals surface area contributed by atoms with Crippen LogP contribution in [0.1, 0.15) is 81.9 Å². The Balaban J connectivity index is 1.65. The van der Waals surface area contributed by atoms with Gasteiger partial charge in [-0.05, 0) is 74.5 Å². The summed E-state index contributed by atoms with van der Waals surface area (Å²) >= 11 is 0. The van der Waals surface area contributed by atoms with Crippen molar-refractivity contribution in [1.82, 2.24) is 24.5 Å². The van der Waals surface area contributed by atoms with Gasteiger partial charge < -0.3 is 15.0 Å². The maximum atomic E-state index is 11.9. The molecule has 0 radical (unpaired) electrons. The SMILES string of the molecule is CCc1ccnc(-c2nc3nc(C(=O)O)nc(N[C@H](C)C4CCC4)c3n2C[C@H]2CC[C@H](C)CC2)c1. The number of carboxylic acids is 1. The van der Waals surface area contributed by atoms with Crippen molar-refractivity contribution < 1.29 is 9.90 Å². The third-order valence-electron chi connectivity index (χ3n) is 8.05. The van der Waals surface area contributed by atoms with Crippen molar-refractivity contribution in [3.63, 3.8) is 0 Å². The van der Waals surface area contributed by atoms with Gasteiger partial charge in [0.05, 0.1) is 0 Å². The number of pyridine rings is 1. The Morgan fingerprint density at radius 3 is 2.60 bits per heavy atom. The van der Waals surface area contributed by atoms with E-state index in [9.17, 15) is 9.90 Å². The summed E-state index contributed by atoms with van der Waals surface area (Å²) in [7, 11) is 0. The molecule has 2 N–H and O–H groups in total. The molecule has 0 bridgehead atoms. The van der Waals surface area contributed by atoms with Gasteiger partial charge in [-0.15, -0.1) is 0 Å². The lowest BCUT2D eigenvalue weighted by Crippen LogP contribution is -2.31. The summed E-state index contributed by atoms with van der Waals surface area (Å²) in [6.45, 7) is 7.42. The van der Waals surface area contributed by atoms with Crippen LogP contribution < -0.4 is 5.32 Å². The van der Waals surface area contributed by atoms with Crippen LogP contribution in [0.3, 0.4) is 0 Å². The zero-order valence-corrected chi connectivity index (χ0v) is 21.0. The lowest BCUT2D eigenvalue weighted by Gasteiger charge is -2.32. The molecule has 0 aromatic carbocycles. The zero-order valence-electron chi connectivity index (χ0n) is 21.0. The maximum absolute atomic E-state index is 11.9. The van der Waals surface area contributed by atoms with Gasteiger partial charge >= 0.3 is 5.97 Å². The van der Waals surface area contributed by atoms with E-state index >= 15 is 0 Å². The quantitative estimate of drug-likeness (QED) is 0.437. The third kappa shape index (κ3) is 4.88. The molecule has 3 aromatic rings. The molecule has 0 spiro atoms. The molecule has 0 amide bonds. The lowest BCUT2D eigenvalue weighted by molar-refractivity contribution is 0.0684. The number of aromatic carboxylic acids is 1. The molecule has 2 fully saturated rings. The molecule has 3 aromatic heterocycles. The van der Waals surface area contributed by atoms with E-state index in [4.69, 9.17) is 4.98 Å². The average molecular weight is 477 g/mol. The molecule has 1 atom stereocenters. The second-order valence-electron chi connectivity index (χ2n) is 10.6. The number of hydrogen-bond donors (Lipinski definition) is 2. The summed E-state index contributed by atoms with van der Waals surface area (Å²) in [5.41, 5.74) is 3.19. The minimum atomic E-state index is -1.14. The van der Waals surface area contributed by atoms with Gasteiger partial charge in [-0.1, -0.05) is 33.1 Å². The molecule has 2 aliphatic rings. The molecule has 0 aliphatic heterocycles. The molecule has 186 valence electrons. The minimum absolute atomic E-state index is 0.201. The lowest BCUT2D eigenvalue weighted by atomic mass is 9.80. The monoisotopic (exact) mass is 476 g/mol. The number of rotatable bonds is 8.